The molecule has 2 rings (SSSR count). The van der Waals surface area contributed by atoms with Crippen LogP contribution >= 0.6 is 0 Å². The summed E-state index contributed by atoms with van der Waals surface area (Å²) in [5.74, 6) is -0.591. The van der Waals surface area contributed by atoms with E-state index in [0.29, 0.717) is 12.1 Å². The van der Waals surface area contributed by atoms with E-state index in [-0.39, 0.29) is 17.6 Å². The second kappa shape index (κ2) is 6.34. The summed E-state index contributed by atoms with van der Waals surface area (Å²) in [6.45, 7) is 2.35. The highest BCUT2D eigenvalue weighted by Gasteiger charge is 2.16. The number of hydrogen-bond donors (Lipinski definition) is 1. The van der Waals surface area contributed by atoms with Gasteiger partial charge in [0.2, 0.25) is 5.76 Å². The Balaban J connectivity index is 2.02. The van der Waals surface area contributed by atoms with Crippen LogP contribution < -0.4 is 5.32 Å². The smallest absolute Gasteiger partial charge is 0.374 e. The first-order valence-electron chi connectivity index (χ1n) is 6.25. The van der Waals surface area contributed by atoms with Gasteiger partial charge in [-0.1, -0.05) is 12.1 Å². The Kier molecular flexibility index (Phi) is 4.53. The van der Waals surface area contributed by atoms with E-state index < -0.39 is 5.97 Å². The molecule has 20 heavy (non-hydrogen) atoms. The molecule has 0 fully saturated rings. The summed E-state index contributed by atoms with van der Waals surface area (Å²) in [4.78, 5) is 11.5. The topological polar surface area (TPSA) is 51.5 Å². The van der Waals surface area contributed by atoms with Crippen molar-refractivity contribution in [2.45, 2.75) is 19.5 Å². The number of furan rings is 1. The molecule has 4 nitrogen and oxygen atoms in total. The number of esters is 1. The van der Waals surface area contributed by atoms with Gasteiger partial charge < -0.3 is 14.5 Å². The zero-order valence-corrected chi connectivity index (χ0v) is 11.4. The van der Waals surface area contributed by atoms with Gasteiger partial charge in [0.1, 0.15) is 5.82 Å². The van der Waals surface area contributed by atoms with E-state index in [1.807, 2.05) is 13.0 Å². The Hall–Kier alpha value is -2.14. The average molecular weight is 277 g/mol. The molecule has 5 heteroatoms. The minimum atomic E-state index is -0.509. The van der Waals surface area contributed by atoms with E-state index in [2.05, 4.69) is 10.1 Å². The molecule has 2 aromatic rings. The van der Waals surface area contributed by atoms with Crippen molar-refractivity contribution in [3.05, 3.63) is 59.3 Å². The molecule has 0 aliphatic heterocycles. The van der Waals surface area contributed by atoms with Crippen molar-refractivity contribution >= 4 is 5.97 Å². The highest BCUT2D eigenvalue weighted by Crippen LogP contribution is 2.16. The summed E-state index contributed by atoms with van der Waals surface area (Å²) < 4.78 is 22.9. The first-order chi connectivity index (χ1) is 9.61. The number of benzene rings is 1. The van der Waals surface area contributed by atoms with Gasteiger partial charge in [0, 0.05) is 18.2 Å². The molecule has 0 aliphatic rings. The third kappa shape index (κ3) is 3.24. The Morgan fingerprint density at radius 1 is 1.45 bits per heavy atom. The molecule has 0 amide bonds. The zero-order valence-electron chi connectivity index (χ0n) is 11.4. The highest BCUT2D eigenvalue weighted by molar-refractivity contribution is 5.87. The number of nitrogens with one attached hydrogen (secondary N) is 1. The standard InChI is InChI=1S/C15H16FNO3/c1-10(11-4-3-5-13(16)8-11)17-9-12-6-7-20-14(12)15(18)19-2/h3-8,10,17H,9H2,1-2H3/t10-/m0/s1. The van der Waals surface area contributed by atoms with Crippen molar-refractivity contribution in [2.24, 2.45) is 0 Å². The Morgan fingerprint density at radius 3 is 2.95 bits per heavy atom. The second-order valence-corrected chi connectivity index (χ2v) is 4.42. The number of carbonyl (C=O) groups is 1. The number of methoxy groups -OCH3 is 1. The number of hydrogen-bond acceptors (Lipinski definition) is 4. The Morgan fingerprint density at radius 2 is 2.25 bits per heavy atom. The predicted octanol–water partition coefficient (Wildman–Crippen LogP) is 3.06. The maximum absolute atomic E-state index is 13.2. The van der Waals surface area contributed by atoms with E-state index >= 15 is 0 Å². The van der Waals surface area contributed by atoms with Gasteiger partial charge in [-0.25, -0.2) is 9.18 Å². The van der Waals surface area contributed by atoms with Crippen LogP contribution in [0.5, 0.6) is 0 Å². The molecule has 0 unspecified atom stereocenters. The van der Waals surface area contributed by atoms with Crippen molar-refractivity contribution in [2.75, 3.05) is 7.11 Å². The molecule has 0 bridgehead atoms. The summed E-state index contributed by atoms with van der Waals surface area (Å²) in [6, 6.07) is 8.05. The number of halogens is 1. The van der Waals surface area contributed by atoms with Crippen LogP contribution in [0.2, 0.25) is 0 Å². The van der Waals surface area contributed by atoms with Crippen molar-refractivity contribution in [1.82, 2.24) is 5.32 Å². The summed E-state index contributed by atoms with van der Waals surface area (Å²) >= 11 is 0. The monoisotopic (exact) mass is 277 g/mol. The van der Waals surface area contributed by atoms with Crippen molar-refractivity contribution in [3.63, 3.8) is 0 Å². The lowest BCUT2D eigenvalue weighted by Gasteiger charge is -2.14. The fraction of sp³-hybridized carbons (Fsp3) is 0.267. The summed E-state index contributed by atoms with van der Waals surface area (Å²) in [5, 5.41) is 3.21. The second-order valence-electron chi connectivity index (χ2n) is 4.42. The van der Waals surface area contributed by atoms with Gasteiger partial charge in [-0.2, -0.15) is 0 Å². The van der Waals surface area contributed by atoms with E-state index in [0.717, 1.165) is 5.56 Å². The summed E-state index contributed by atoms with van der Waals surface area (Å²) in [7, 11) is 1.30. The van der Waals surface area contributed by atoms with Crippen LogP contribution in [0.3, 0.4) is 0 Å². The highest BCUT2D eigenvalue weighted by atomic mass is 19.1. The van der Waals surface area contributed by atoms with Crippen LogP contribution in [0, 0.1) is 5.82 Å². The molecule has 1 atom stereocenters. The average Bonchev–Trinajstić information content (AvgIpc) is 2.92. The maximum atomic E-state index is 13.2. The third-order valence-corrected chi connectivity index (χ3v) is 3.06. The van der Waals surface area contributed by atoms with E-state index in [1.54, 1.807) is 12.1 Å². The predicted molar refractivity (Wildman–Crippen MR) is 71.7 cm³/mol. The van der Waals surface area contributed by atoms with Crippen molar-refractivity contribution < 1.29 is 18.3 Å². The van der Waals surface area contributed by atoms with Crippen LogP contribution in [-0.2, 0) is 11.3 Å². The van der Waals surface area contributed by atoms with Crippen LogP contribution in [0.15, 0.2) is 41.0 Å². The molecule has 0 saturated heterocycles. The summed E-state index contributed by atoms with van der Waals surface area (Å²) in [5.41, 5.74) is 1.55. The lowest BCUT2D eigenvalue weighted by molar-refractivity contribution is 0.0563. The van der Waals surface area contributed by atoms with E-state index in [9.17, 15) is 9.18 Å². The number of rotatable bonds is 5. The number of carbonyl (C=O) groups excluding carboxylic acids is 1. The van der Waals surface area contributed by atoms with Crippen molar-refractivity contribution in [1.29, 1.82) is 0 Å². The maximum Gasteiger partial charge on any atom is 0.374 e. The largest absolute Gasteiger partial charge is 0.463 e. The van der Waals surface area contributed by atoms with Crippen LogP contribution in [0.4, 0.5) is 4.39 Å². The first kappa shape index (κ1) is 14.3. The molecule has 0 radical (unpaired) electrons. The van der Waals surface area contributed by atoms with Gasteiger partial charge in [0.15, 0.2) is 0 Å². The summed E-state index contributed by atoms with van der Waals surface area (Å²) in [6.07, 6.45) is 1.44. The molecule has 0 aliphatic carbocycles. The normalized spacial score (nSPS) is 12.2. The number of ether oxygens (including phenoxy) is 1. The molecule has 1 N–H and O–H groups in total. The zero-order chi connectivity index (χ0) is 14.5. The fourth-order valence-electron chi connectivity index (χ4n) is 1.90. The van der Waals surface area contributed by atoms with Gasteiger partial charge in [-0.15, -0.1) is 0 Å². The lowest BCUT2D eigenvalue weighted by atomic mass is 10.1. The molecule has 0 saturated carbocycles. The van der Waals surface area contributed by atoms with Gasteiger partial charge >= 0.3 is 5.97 Å². The van der Waals surface area contributed by atoms with Gasteiger partial charge in [0.25, 0.3) is 0 Å². The van der Waals surface area contributed by atoms with Gasteiger partial charge in [-0.05, 0) is 30.7 Å². The van der Waals surface area contributed by atoms with Gasteiger partial charge in [-0.3, -0.25) is 0 Å². The SMILES string of the molecule is COC(=O)c1occc1CN[C@@H](C)c1cccc(F)c1. The molecular formula is C15H16FNO3. The lowest BCUT2D eigenvalue weighted by Crippen LogP contribution is -2.19. The molecule has 1 heterocycles. The molecule has 1 aromatic carbocycles. The van der Waals surface area contributed by atoms with Gasteiger partial charge in [0.05, 0.1) is 13.4 Å². The Bertz CT molecular complexity index is 594. The van der Waals surface area contributed by atoms with Crippen LogP contribution in [-0.4, -0.2) is 13.1 Å². The van der Waals surface area contributed by atoms with Crippen molar-refractivity contribution in [3.8, 4) is 0 Å². The fourth-order valence-corrected chi connectivity index (χ4v) is 1.90. The quantitative estimate of drug-likeness (QED) is 0.853. The van der Waals surface area contributed by atoms with E-state index in [4.69, 9.17) is 4.42 Å². The molecule has 106 valence electrons. The third-order valence-electron chi connectivity index (χ3n) is 3.06. The first-order valence-corrected chi connectivity index (χ1v) is 6.25. The molecule has 1 aromatic heterocycles. The van der Waals surface area contributed by atoms with Crippen LogP contribution in [0.25, 0.3) is 0 Å². The molecule has 0 spiro atoms. The molecular weight excluding hydrogens is 261 g/mol. The van der Waals surface area contributed by atoms with Crippen LogP contribution in [0.1, 0.15) is 34.6 Å². The minimum absolute atomic E-state index is 0.0499. The Labute approximate surface area is 116 Å². The van der Waals surface area contributed by atoms with E-state index in [1.165, 1.54) is 25.5 Å². The minimum Gasteiger partial charge on any atom is -0.463 e.